The summed E-state index contributed by atoms with van der Waals surface area (Å²) in [5, 5.41) is 3.50. The lowest BCUT2D eigenvalue weighted by molar-refractivity contribution is -0.0721. The van der Waals surface area contributed by atoms with Crippen molar-refractivity contribution >= 4 is 11.8 Å². The molecule has 0 amide bonds. The maximum Gasteiger partial charge on any atom is 0.193 e. The number of piperidine rings is 1. The number of likely N-dealkylation sites (tertiary alicyclic amines) is 1. The van der Waals surface area contributed by atoms with E-state index in [-0.39, 0.29) is 6.10 Å². The molecule has 2 atom stereocenters. The van der Waals surface area contributed by atoms with Gasteiger partial charge in [-0.3, -0.25) is 4.99 Å². The van der Waals surface area contributed by atoms with E-state index < -0.39 is 0 Å². The molecule has 0 saturated carbocycles. The maximum atomic E-state index is 6.15. The number of nitrogens with one attached hydrogen (secondary N) is 1. The lowest BCUT2D eigenvalue weighted by Crippen LogP contribution is -2.47. The van der Waals surface area contributed by atoms with Crippen LogP contribution in [0.5, 0.6) is 0 Å². The normalized spacial score (nSPS) is 25.8. The van der Waals surface area contributed by atoms with Crippen LogP contribution in [0, 0.1) is 0 Å². The third-order valence-electron chi connectivity index (χ3n) is 6.57. The van der Waals surface area contributed by atoms with Crippen molar-refractivity contribution in [3.8, 4) is 0 Å². The summed E-state index contributed by atoms with van der Waals surface area (Å²) in [6, 6.07) is 4.26. The first kappa shape index (κ1) is 23.3. The Morgan fingerprint density at radius 2 is 2.03 bits per heavy atom. The van der Waals surface area contributed by atoms with Crippen molar-refractivity contribution in [2.75, 3.05) is 57.9 Å². The number of aromatic nitrogens is 1. The largest absolute Gasteiger partial charge is 0.376 e. The van der Waals surface area contributed by atoms with Gasteiger partial charge in [-0.1, -0.05) is 6.07 Å². The summed E-state index contributed by atoms with van der Waals surface area (Å²) < 4.78 is 17.6. The summed E-state index contributed by atoms with van der Waals surface area (Å²) in [4.78, 5) is 13.8. The number of ether oxygens (including phenoxy) is 3. The predicted molar refractivity (Wildman–Crippen MR) is 126 cm³/mol. The fraction of sp³-hybridized carbons (Fsp3) is 0.750. The summed E-state index contributed by atoms with van der Waals surface area (Å²) in [5.41, 5.74) is 1.15. The lowest BCUT2D eigenvalue weighted by atomic mass is 10.1. The third kappa shape index (κ3) is 6.56. The predicted octanol–water partition coefficient (Wildman–Crippen LogP) is 2.43. The molecule has 0 bridgehead atoms. The second-order valence-electron chi connectivity index (χ2n) is 9.06. The van der Waals surface area contributed by atoms with Crippen molar-refractivity contribution in [1.29, 1.82) is 0 Å². The van der Waals surface area contributed by atoms with E-state index in [1.54, 1.807) is 0 Å². The van der Waals surface area contributed by atoms with Crippen molar-refractivity contribution in [2.24, 2.45) is 4.99 Å². The average Bonchev–Trinajstić information content (AvgIpc) is 2.85. The Morgan fingerprint density at radius 3 is 2.72 bits per heavy atom. The minimum atomic E-state index is 0.255. The van der Waals surface area contributed by atoms with Gasteiger partial charge in [0.1, 0.15) is 5.82 Å². The molecular formula is C24H39N5O3. The summed E-state index contributed by atoms with van der Waals surface area (Å²) in [6.45, 7) is 8.93. The van der Waals surface area contributed by atoms with Crippen LogP contribution < -0.4 is 10.2 Å². The minimum Gasteiger partial charge on any atom is -0.376 e. The number of rotatable bonds is 6. The molecule has 8 heteroatoms. The molecule has 3 aliphatic heterocycles. The van der Waals surface area contributed by atoms with Crippen LogP contribution in [0.25, 0.3) is 0 Å². The van der Waals surface area contributed by atoms with Crippen LogP contribution in [-0.4, -0.2) is 87.2 Å². The first-order valence-electron chi connectivity index (χ1n) is 12.2. The molecule has 4 heterocycles. The molecule has 32 heavy (non-hydrogen) atoms. The fourth-order valence-electron chi connectivity index (χ4n) is 4.66. The number of morpholine rings is 1. The molecule has 178 valence electrons. The highest BCUT2D eigenvalue weighted by Crippen LogP contribution is 2.18. The summed E-state index contributed by atoms with van der Waals surface area (Å²) in [6.07, 6.45) is 8.49. The Labute approximate surface area is 192 Å². The summed E-state index contributed by atoms with van der Waals surface area (Å²) in [5.74, 6) is 1.97. The van der Waals surface area contributed by atoms with Crippen LogP contribution >= 0.6 is 0 Å². The molecule has 0 aromatic carbocycles. The van der Waals surface area contributed by atoms with Gasteiger partial charge >= 0.3 is 0 Å². The molecule has 2 unspecified atom stereocenters. The van der Waals surface area contributed by atoms with Gasteiger partial charge in [-0.15, -0.1) is 0 Å². The van der Waals surface area contributed by atoms with E-state index in [0.29, 0.717) is 12.2 Å². The molecule has 1 aromatic rings. The molecule has 3 aliphatic rings. The highest BCUT2D eigenvalue weighted by atomic mass is 16.5. The van der Waals surface area contributed by atoms with Crippen molar-refractivity contribution in [2.45, 2.75) is 63.9 Å². The highest BCUT2D eigenvalue weighted by molar-refractivity contribution is 5.79. The summed E-state index contributed by atoms with van der Waals surface area (Å²) >= 11 is 0. The number of hydrogen-bond donors (Lipinski definition) is 1. The van der Waals surface area contributed by atoms with Crippen LogP contribution in [0.4, 0.5) is 5.82 Å². The fourth-order valence-corrected chi connectivity index (χ4v) is 4.66. The zero-order valence-corrected chi connectivity index (χ0v) is 19.7. The number of guanidine groups is 1. The van der Waals surface area contributed by atoms with Gasteiger partial charge in [0.15, 0.2) is 5.96 Å². The Balaban J connectivity index is 1.19. The Morgan fingerprint density at radius 1 is 1.16 bits per heavy atom. The highest BCUT2D eigenvalue weighted by Gasteiger charge is 2.24. The second kappa shape index (κ2) is 11.8. The Bertz CT molecular complexity index is 715. The van der Waals surface area contributed by atoms with Gasteiger partial charge in [-0.2, -0.15) is 0 Å². The first-order valence-corrected chi connectivity index (χ1v) is 12.2. The SMILES string of the molecule is CN=C(NCc1ccc(N2CCOC(C)C2)nc1)N1CCC(OCC2CCCCO2)CC1. The van der Waals surface area contributed by atoms with E-state index in [2.05, 4.69) is 44.1 Å². The molecule has 0 radical (unpaired) electrons. The molecule has 1 aromatic heterocycles. The van der Waals surface area contributed by atoms with E-state index >= 15 is 0 Å². The molecular weight excluding hydrogens is 406 g/mol. The molecule has 8 nitrogen and oxygen atoms in total. The van der Waals surface area contributed by atoms with E-state index in [4.69, 9.17) is 14.2 Å². The maximum absolute atomic E-state index is 6.15. The van der Waals surface area contributed by atoms with Gasteiger partial charge in [0.25, 0.3) is 0 Å². The van der Waals surface area contributed by atoms with E-state index in [0.717, 1.165) is 89.1 Å². The molecule has 1 N–H and O–H groups in total. The van der Waals surface area contributed by atoms with Crippen molar-refractivity contribution < 1.29 is 14.2 Å². The number of aliphatic imine (C=N–C) groups is 1. The van der Waals surface area contributed by atoms with Crippen LogP contribution in [-0.2, 0) is 20.8 Å². The third-order valence-corrected chi connectivity index (χ3v) is 6.57. The van der Waals surface area contributed by atoms with E-state index in [9.17, 15) is 0 Å². The van der Waals surface area contributed by atoms with Crippen molar-refractivity contribution in [3.05, 3.63) is 23.9 Å². The van der Waals surface area contributed by atoms with Gasteiger partial charge in [0, 0.05) is 52.6 Å². The van der Waals surface area contributed by atoms with Gasteiger partial charge in [-0.05, 0) is 50.7 Å². The average molecular weight is 446 g/mol. The number of pyridine rings is 1. The smallest absolute Gasteiger partial charge is 0.193 e. The molecule has 3 fully saturated rings. The van der Waals surface area contributed by atoms with Crippen molar-refractivity contribution in [1.82, 2.24) is 15.2 Å². The van der Waals surface area contributed by atoms with Crippen LogP contribution in [0.3, 0.4) is 0 Å². The minimum absolute atomic E-state index is 0.255. The van der Waals surface area contributed by atoms with Crippen LogP contribution in [0.15, 0.2) is 23.3 Å². The molecule has 4 rings (SSSR count). The molecule has 0 spiro atoms. The first-order chi connectivity index (χ1) is 15.7. The van der Waals surface area contributed by atoms with Gasteiger partial charge in [-0.25, -0.2) is 4.98 Å². The number of anilines is 1. The van der Waals surface area contributed by atoms with Gasteiger partial charge in [0.05, 0.1) is 31.5 Å². The van der Waals surface area contributed by atoms with Crippen LogP contribution in [0.1, 0.15) is 44.6 Å². The Kier molecular flexibility index (Phi) is 8.59. The summed E-state index contributed by atoms with van der Waals surface area (Å²) in [7, 11) is 1.85. The second-order valence-corrected chi connectivity index (χ2v) is 9.06. The monoisotopic (exact) mass is 445 g/mol. The quantitative estimate of drug-likeness (QED) is 0.533. The zero-order valence-electron chi connectivity index (χ0n) is 19.7. The number of nitrogens with zero attached hydrogens (tertiary/aromatic N) is 4. The van der Waals surface area contributed by atoms with Crippen LogP contribution in [0.2, 0.25) is 0 Å². The zero-order chi connectivity index (χ0) is 22.2. The molecule has 0 aliphatic carbocycles. The van der Waals surface area contributed by atoms with Gasteiger partial charge in [0.2, 0.25) is 0 Å². The van der Waals surface area contributed by atoms with Gasteiger partial charge < -0.3 is 29.3 Å². The molecule has 3 saturated heterocycles. The lowest BCUT2D eigenvalue weighted by Gasteiger charge is -2.35. The van der Waals surface area contributed by atoms with Crippen molar-refractivity contribution in [3.63, 3.8) is 0 Å². The van der Waals surface area contributed by atoms with E-state index in [1.807, 2.05) is 13.2 Å². The standard InChI is InChI=1S/C24H39N5O3/c1-19-17-29(12-14-30-19)23-7-6-20(15-26-23)16-27-24(25-2)28-10-8-21(9-11-28)32-18-22-5-3-4-13-31-22/h6-7,15,19,21-22H,3-5,8-14,16-18H2,1-2H3,(H,25,27). The topological polar surface area (TPSA) is 71.5 Å². The Hall–Kier alpha value is -1.90. The van der Waals surface area contributed by atoms with E-state index in [1.165, 1.54) is 12.8 Å². The number of hydrogen-bond acceptors (Lipinski definition) is 6.